The number of carbonyl (C=O) groups excluding carboxylic acids is 2. The van der Waals surface area contributed by atoms with Gasteiger partial charge in [-0.25, -0.2) is 17.5 Å². The van der Waals surface area contributed by atoms with Crippen LogP contribution in [0.5, 0.6) is 0 Å². The minimum absolute atomic E-state index is 0.0855. The zero-order valence-corrected chi connectivity index (χ0v) is 19.6. The number of sulfonamides is 1. The van der Waals surface area contributed by atoms with Crippen molar-refractivity contribution < 1.29 is 35.6 Å². The number of benzene rings is 3. The SMILES string of the molecule is O=C(CNS(=O)(=O)c1ccc(Cl)c(C(F)(F)F)c1)Nc1ccc(Cl)cc1C(=O)c1ccccc1F. The third-order valence-electron chi connectivity index (χ3n) is 4.60. The maximum Gasteiger partial charge on any atom is 0.417 e. The summed E-state index contributed by atoms with van der Waals surface area (Å²) < 4.78 is 79.8. The summed E-state index contributed by atoms with van der Waals surface area (Å²) in [6.07, 6.45) is -4.89. The maximum atomic E-state index is 14.1. The lowest BCUT2D eigenvalue weighted by molar-refractivity contribution is -0.137. The number of halogens is 6. The molecule has 184 valence electrons. The first-order valence-corrected chi connectivity index (χ1v) is 11.8. The van der Waals surface area contributed by atoms with E-state index in [-0.39, 0.29) is 21.8 Å². The van der Waals surface area contributed by atoms with Crippen LogP contribution in [0.2, 0.25) is 10.0 Å². The average Bonchev–Trinajstić information content (AvgIpc) is 2.78. The lowest BCUT2D eigenvalue weighted by atomic mass is 10.0. The molecule has 0 saturated carbocycles. The number of rotatable bonds is 7. The van der Waals surface area contributed by atoms with E-state index in [1.54, 1.807) is 0 Å². The molecule has 0 aliphatic carbocycles. The third kappa shape index (κ3) is 6.37. The molecule has 0 aliphatic rings. The van der Waals surface area contributed by atoms with Crippen LogP contribution in [0.15, 0.2) is 65.6 Å². The quantitative estimate of drug-likeness (QED) is 0.309. The summed E-state index contributed by atoms with van der Waals surface area (Å²) in [4.78, 5) is 24.4. The van der Waals surface area contributed by atoms with Crippen molar-refractivity contribution in [3.05, 3.63) is 93.2 Å². The van der Waals surface area contributed by atoms with Gasteiger partial charge in [0.15, 0.2) is 5.78 Å². The fourth-order valence-electron chi connectivity index (χ4n) is 2.93. The molecule has 0 bridgehead atoms. The Balaban J connectivity index is 1.79. The van der Waals surface area contributed by atoms with Gasteiger partial charge in [0.25, 0.3) is 0 Å². The predicted molar refractivity (Wildman–Crippen MR) is 122 cm³/mol. The summed E-state index contributed by atoms with van der Waals surface area (Å²) in [5.74, 6) is -2.55. The molecule has 3 rings (SSSR count). The van der Waals surface area contributed by atoms with E-state index in [9.17, 15) is 35.6 Å². The second-order valence-corrected chi connectivity index (χ2v) is 9.62. The molecule has 13 heteroatoms. The van der Waals surface area contributed by atoms with E-state index >= 15 is 0 Å². The van der Waals surface area contributed by atoms with E-state index in [1.165, 1.54) is 36.4 Å². The zero-order valence-electron chi connectivity index (χ0n) is 17.3. The van der Waals surface area contributed by atoms with E-state index in [0.717, 1.165) is 18.2 Å². The molecule has 0 fully saturated rings. The van der Waals surface area contributed by atoms with E-state index in [1.807, 2.05) is 4.72 Å². The molecule has 0 spiro atoms. The highest BCUT2D eigenvalue weighted by molar-refractivity contribution is 7.89. The number of nitrogens with one attached hydrogen (secondary N) is 2. The van der Waals surface area contributed by atoms with E-state index < -0.39 is 55.7 Å². The van der Waals surface area contributed by atoms with Crippen molar-refractivity contribution in [1.82, 2.24) is 4.72 Å². The van der Waals surface area contributed by atoms with Crippen LogP contribution in [0.1, 0.15) is 21.5 Å². The summed E-state index contributed by atoms with van der Waals surface area (Å²) in [5.41, 5.74) is -1.89. The number of hydrogen-bond acceptors (Lipinski definition) is 4. The molecular weight excluding hydrogens is 535 g/mol. The molecule has 0 heterocycles. The second kappa shape index (κ2) is 10.3. The molecule has 0 radical (unpaired) electrons. The van der Waals surface area contributed by atoms with Crippen LogP contribution in [0.4, 0.5) is 23.2 Å². The Bertz CT molecular complexity index is 1410. The van der Waals surface area contributed by atoms with Gasteiger partial charge in [-0.15, -0.1) is 0 Å². The molecule has 1 amide bonds. The van der Waals surface area contributed by atoms with Gasteiger partial charge >= 0.3 is 6.18 Å². The monoisotopic (exact) mass is 548 g/mol. The van der Waals surface area contributed by atoms with Crippen LogP contribution in [0, 0.1) is 5.82 Å². The van der Waals surface area contributed by atoms with Crippen LogP contribution < -0.4 is 10.0 Å². The normalized spacial score (nSPS) is 11.8. The number of ketones is 1. The number of carbonyl (C=O) groups is 2. The molecule has 0 aromatic heterocycles. The van der Waals surface area contributed by atoms with Gasteiger partial charge in [0.05, 0.1) is 33.3 Å². The van der Waals surface area contributed by atoms with Crippen LogP contribution in [-0.2, 0) is 21.0 Å². The number of hydrogen-bond donors (Lipinski definition) is 2. The molecular formula is C22H14Cl2F4N2O4S. The van der Waals surface area contributed by atoms with Gasteiger partial charge < -0.3 is 5.32 Å². The summed E-state index contributed by atoms with van der Waals surface area (Å²) >= 11 is 11.4. The highest BCUT2D eigenvalue weighted by atomic mass is 35.5. The summed E-state index contributed by atoms with van der Waals surface area (Å²) in [5, 5.41) is 1.73. The topological polar surface area (TPSA) is 92.3 Å². The van der Waals surface area contributed by atoms with E-state index in [2.05, 4.69) is 5.32 Å². The first-order valence-electron chi connectivity index (χ1n) is 9.54. The number of anilines is 1. The number of alkyl halides is 3. The lowest BCUT2D eigenvalue weighted by Gasteiger charge is -2.13. The van der Waals surface area contributed by atoms with Crippen LogP contribution in [0.25, 0.3) is 0 Å². The molecule has 0 saturated heterocycles. The first kappa shape index (κ1) is 26.6. The van der Waals surface area contributed by atoms with Gasteiger partial charge in [-0.3, -0.25) is 9.59 Å². The minimum atomic E-state index is -4.89. The first-order chi connectivity index (χ1) is 16.3. The van der Waals surface area contributed by atoms with Crippen molar-refractivity contribution in [2.75, 3.05) is 11.9 Å². The third-order valence-corrected chi connectivity index (χ3v) is 6.56. The van der Waals surface area contributed by atoms with Crippen molar-refractivity contribution in [2.45, 2.75) is 11.1 Å². The van der Waals surface area contributed by atoms with Crippen LogP contribution in [0.3, 0.4) is 0 Å². The molecule has 2 N–H and O–H groups in total. The zero-order chi connectivity index (χ0) is 26.0. The van der Waals surface area contributed by atoms with Crippen LogP contribution >= 0.6 is 23.2 Å². The van der Waals surface area contributed by atoms with Crippen molar-refractivity contribution in [3.8, 4) is 0 Å². The molecule has 3 aromatic carbocycles. The standard InChI is InChI=1S/C22H14Cl2F4N2O4S/c23-12-5-8-19(15(9-12)21(32)14-3-1-2-4-18(14)25)30-20(31)11-29-35(33,34)13-6-7-17(24)16(10-13)22(26,27)28/h1-10,29H,11H2,(H,30,31). The van der Waals surface area contributed by atoms with Crippen molar-refractivity contribution >= 4 is 50.6 Å². The molecule has 6 nitrogen and oxygen atoms in total. The maximum absolute atomic E-state index is 14.1. The summed E-state index contributed by atoms with van der Waals surface area (Å²) in [6, 6.07) is 10.9. The Kier molecular flexibility index (Phi) is 7.85. The van der Waals surface area contributed by atoms with E-state index in [0.29, 0.717) is 6.07 Å². The Morgan fingerprint density at radius 3 is 2.26 bits per heavy atom. The van der Waals surface area contributed by atoms with Crippen molar-refractivity contribution in [2.24, 2.45) is 0 Å². The van der Waals surface area contributed by atoms with Gasteiger partial charge in [-0.2, -0.15) is 13.2 Å². The fourth-order valence-corrected chi connectivity index (χ4v) is 4.34. The molecule has 0 aliphatic heterocycles. The van der Waals surface area contributed by atoms with Crippen molar-refractivity contribution in [3.63, 3.8) is 0 Å². The molecule has 35 heavy (non-hydrogen) atoms. The van der Waals surface area contributed by atoms with E-state index in [4.69, 9.17) is 23.2 Å². The summed E-state index contributed by atoms with van der Waals surface area (Å²) in [7, 11) is -4.54. The van der Waals surface area contributed by atoms with Gasteiger partial charge in [0.2, 0.25) is 15.9 Å². The smallest absolute Gasteiger partial charge is 0.324 e. The molecule has 0 unspecified atom stereocenters. The Hall–Kier alpha value is -2.99. The lowest BCUT2D eigenvalue weighted by Crippen LogP contribution is -2.33. The van der Waals surface area contributed by atoms with Gasteiger partial charge in [0, 0.05) is 10.6 Å². The predicted octanol–water partition coefficient (Wildman–Crippen LogP) is 5.30. The molecule has 3 aromatic rings. The van der Waals surface area contributed by atoms with Gasteiger partial charge in [-0.1, -0.05) is 35.3 Å². The largest absolute Gasteiger partial charge is 0.417 e. The Labute approximate surface area is 206 Å². The highest BCUT2D eigenvalue weighted by Crippen LogP contribution is 2.36. The minimum Gasteiger partial charge on any atom is -0.324 e. The Morgan fingerprint density at radius 2 is 1.60 bits per heavy atom. The van der Waals surface area contributed by atoms with Crippen LogP contribution in [-0.4, -0.2) is 26.7 Å². The second-order valence-electron chi connectivity index (χ2n) is 7.01. The fraction of sp³-hybridized carbons (Fsp3) is 0.0909. The summed E-state index contributed by atoms with van der Waals surface area (Å²) in [6.45, 7) is -0.887. The van der Waals surface area contributed by atoms with Gasteiger partial charge in [0.1, 0.15) is 5.82 Å². The molecule has 0 atom stereocenters. The number of amides is 1. The highest BCUT2D eigenvalue weighted by Gasteiger charge is 2.34. The van der Waals surface area contributed by atoms with Gasteiger partial charge in [-0.05, 0) is 48.5 Å². The average molecular weight is 549 g/mol. The Morgan fingerprint density at radius 1 is 0.914 bits per heavy atom. The van der Waals surface area contributed by atoms with Crippen molar-refractivity contribution in [1.29, 1.82) is 0 Å².